The predicted molar refractivity (Wildman–Crippen MR) is 99.4 cm³/mol. The minimum absolute atomic E-state index is 0.224. The van der Waals surface area contributed by atoms with Gasteiger partial charge in [0, 0.05) is 24.4 Å². The van der Waals surface area contributed by atoms with Gasteiger partial charge in [-0.3, -0.25) is 4.42 Å². The Morgan fingerprint density at radius 1 is 1.30 bits per heavy atom. The van der Waals surface area contributed by atoms with Gasteiger partial charge >= 0.3 is 6.01 Å². The lowest BCUT2D eigenvalue weighted by atomic mass is 10.1. The Morgan fingerprint density at radius 3 is 2.93 bits per heavy atom. The van der Waals surface area contributed by atoms with E-state index in [9.17, 15) is 0 Å². The van der Waals surface area contributed by atoms with Gasteiger partial charge < -0.3 is 14.2 Å². The lowest BCUT2D eigenvalue weighted by molar-refractivity contribution is 0.00973. The normalized spacial score (nSPS) is 20.7. The van der Waals surface area contributed by atoms with Crippen molar-refractivity contribution in [1.82, 2.24) is 19.6 Å². The molecule has 5 rings (SSSR count). The van der Waals surface area contributed by atoms with Gasteiger partial charge in [-0.2, -0.15) is 9.99 Å². The highest BCUT2D eigenvalue weighted by Gasteiger charge is 2.45. The summed E-state index contributed by atoms with van der Waals surface area (Å²) < 4.78 is 12.6. The average Bonchev–Trinajstić information content (AvgIpc) is 3.38. The molecular weight excluding hydrogens is 370 g/mol. The first-order valence-electron chi connectivity index (χ1n) is 8.51. The van der Waals surface area contributed by atoms with Crippen molar-refractivity contribution in [2.45, 2.75) is 25.6 Å². The molecule has 3 aliphatic heterocycles. The van der Waals surface area contributed by atoms with Gasteiger partial charge in [-0.05, 0) is 19.9 Å². The minimum Gasteiger partial charge on any atom is -0.371 e. The highest BCUT2D eigenvalue weighted by molar-refractivity contribution is 6.14. The Morgan fingerprint density at radius 2 is 2.11 bits per heavy atom. The summed E-state index contributed by atoms with van der Waals surface area (Å²) in [6.07, 6.45) is 3.33. The second kappa shape index (κ2) is 5.61. The van der Waals surface area contributed by atoms with Crippen LogP contribution in [0.2, 0.25) is 0 Å². The Labute approximate surface area is 161 Å². The molecule has 1 aromatic carbocycles. The van der Waals surface area contributed by atoms with Crippen LogP contribution in [0.25, 0.3) is 0 Å². The van der Waals surface area contributed by atoms with Gasteiger partial charge in [0.1, 0.15) is 24.4 Å². The molecule has 1 unspecified atom stereocenters. The van der Waals surface area contributed by atoms with Crippen molar-refractivity contribution in [2.24, 2.45) is 4.99 Å². The lowest BCUT2D eigenvalue weighted by Crippen LogP contribution is -2.46. The Hall–Kier alpha value is -2.78. The molecule has 27 heavy (non-hydrogen) atoms. The Kier molecular flexibility index (Phi) is 3.40. The zero-order valence-electron chi connectivity index (χ0n) is 15.1. The number of rotatable bonds is 3. The second-order valence-electron chi connectivity index (χ2n) is 6.96. The smallest absolute Gasteiger partial charge is 0.348 e. The van der Waals surface area contributed by atoms with Crippen LogP contribution in [0.15, 0.2) is 45.8 Å². The molecule has 0 bridgehead atoms. The molecule has 2 aromatic rings. The standard InChI is InChI=1S/C17H18ClN7O2/c1-17(2,26-3)15-20-16(27-21-15)24-9-19-14-11-6-4-5-7-12(11)23-10-22(18)8-13(23)25(14)24/h4-9,14H,10H2,1-3H3. The Balaban J connectivity index is 1.57. The number of methoxy groups -OCH3 is 1. The molecule has 1 atom stereocenters. The number of aliphatic imine (C=N–C) groups is 1. The van der Waals surface area contributed by atoms with Crippen molar-refractivity contribution in [3.63, 3.8) is 0 Å². The second-order valence-corrected chi connectivity index (χ2v) is 7.39. The van der Waals surface area contributed by atoms with Crippen molar-refractivity contribution in [3.05, 3.63) is 47.7 Å². The van der Waals surface area contributed by atoms with E-state index >= 15 is 0 Å². The van der Waals surface area contributed by atoms with Crippen molar-refractivity contribution in [3.8, 4) is 0 Å². The molecule has 3 aliphatic rings. The van der Waals surface area contributed by atoms with Gasteiger partial charge in [-0.1, -0.05) is 23.4 Å². The summed E-state index contributed by atoms with van der Waals surface area (Å²) >= 11 is 6.28. The van der Waals surface area contributed by atoms with E-state index in [1.807, 2.05) is 37.2 Å². The van der Waals surface area contributed by atoms with Crippen LogP contribution in [-0.4, -0.2) is 39.7 Å². The summed E-state index contributed by atoms with van der Waals surface area (Å²) in [6, 6.07) is 8.46. The maximum Gasteiger partial charge on any atom is 0.348 e. The number of hydrazine groups is 1. The first-order chi connectivity index (χ1) is 13.0. The highest BCUT2D eigenvalue weighted by atomic mass is 35.5. The van der Waals surface area contributed by atoms with Crippen molar-refractivity contribution >= 4 is 29.8 Å². The summed E-state index contributed by atoms with van der Waals surface area (Å²) in [5.74, 6) is 1.35. The third-order valence-corrected chi connectivity index (χ3v) is 5.19. The molecule has 0 fully saturated rings. The monoisotopic (exact) mass is 387 g/mol. The zero-order valence-corrected chi connectivity index (χ0v) is 15.8. The summed E-state index contributed by atoms with van der Waals surface area (Å²) in [5, 5.41) is 7.81. The molecular formula is C17H18ClN7O2. The van der Waals surface area contributed by atoms with E-state index in [0.717, 1.165) is 17.1 Å². The zero-order chi connectivity index (χ0) is 18.8. The molecule has 9 nitrogen and oxygen atoms in total. The minimum atomic E-state index is -0.655. The predicted octanol–water partition coefficient (Wildman–Crippen LogP) is 2.76. The number of nitrogens with zero attached hydrogens (tertiary/aromatic N) is 7. The lowest BCUT2D eigenvalue weighted by Gasteiger charge is -2.41. The van der Waals surface area contributed by atoms with Crippen LogP contribution in [0.3, 0.4) is 0 Å². The SMILES string of the molecule is COC(C)(C)c1noc(N2C=NC3c4ccccc4N4CN(Cl)C=C4N32)n1. The Bertz CT molecular complexity index is 956. The van der Waals surface area contributed by atoms with Crippen LogP contribution >= 0.6 is 11.8 Å². The van der Waals surface area contributed by atoms with Crippen LogP contribution in [0.1, 0.15) is 31.4 Å². The van der Waals surface area contributed by atoms with E-state index in [2.05, 4.69) is 32.2 Å². The third-order valence-electron chi connectivity index (χ3n) is 4.99. The molecule has 0 aliphatic carbocycles. The number of hydrogen-bond acceptors (Lipinski definition) is 9. The van der Waals surface area contributed by atoms with E-state index in [1.54, 1.807) is 22.9 Å². The van der Waals surface area contributed by atoms with Crippen LogP contribution < -0.4 is 9.91 Å². The molecule has 0 spiro atoms. The number of ether oxygens (including phenoxy) is 1. The van der Waals surface area contributed by atoms with Crippen molar-refractivity contribution in [1.29, 1.82) is 0 Å². The highest BCUT2D eigenvalue weighted by Crippen LogP contribution is 2.46. The molecule has 1 aromatic heterocycles. The molecule has 0 saturated carbocycles. The summed E-state index contributed by atoms with van der Waals surface area (Å²) in [6.45, 7) is 4.30. The first-order valence-corrected chi connectivity index (χ1v) is 8.85. The number of fused-ring (bicyclic) bond motifs is 6. The van der Waals surface area contributed by atoms with Gasteiger partial charge in [-0.25, -0.2) is 10.0 Å². The van der Waals surface area contributed by atoms with E-state index in [1.165, 1.54) is 0 Å². The van der Waals surface area contributed by atoms with Gasteiger partial charge in [0.15, 0.2) is 6.17 Å². The quantitative estimate of drug-likeness (QED) is 0.744. The molecule has 10 heteroatoms. The summed E-state index contributed by atoms with van der Waals surface area (Å²) in [4.78, 5) is 11.3. The van der Waals surface area contributed by atoms with Crippen LogP contribution in [0, 0.1) is 0 Å². The fourth-order valence-corrected chi connectivity index (χ4v) is 3.57. The van der Waals surface area contributed by atoms with E-state index < -0.39 is 5.60 Å². The number of benzene rings is 1. The first kappa shape index (κ1) is 16.4. The van der Waals surface area contributed by atoms with Crippen LogP contribution in [0.4, 0.5) is 11.7 Å². The molecule has 0 amide bonds. The fraction of sp³-hybridized carbons (Fsp3) is 0.353. The van der Waals surface area contributed by atoms with Gasteiger partial charge in [-0.15, -0.1) is 0 Å². The molecule has 140 valence electrons. The third kappa shape index (κ3) is 2.31. The van der Waals surface area contributed by atoms with Crippen LogP contribution in [-0.2, 0) is 10.3 Å². The maximum absolute atomic E-state index is 6.28. The van der Waals surface area contributed by atoms with E-state index in [-0.39, 0.29) is 6.17 Å². The van der Waals surface area contributed by atoms with Crippen LogP contribution in [0.5, 0.6) is 0 Å². The number of para-hydroxylation sites is 1. The average molecular weight is 388 g/mol. The largest absolute Gasteiger partial charge is 0.371 e. The molecule has 0 radical (unpaired) electrons. The van der Waals surface area contributed by atoms with Gasteiger partial charge in [0.25, 0.3) is 0 Å². The fourth-order valence-electron chi connectivity index (χ4n) is 3.37. The topological polar surface area (TPSA) is 73.5 Å². The summed E-state index contributed by atoms with van der Waals surface area (Å²) in [7, 11) is 1.61. The van der Waals surface area contributed by atoms with Crippen molar-refractivity contribution in [2.75, 3.05) is 23.7 Å². The molecule has 4 heterocycles. The maximum atomic E-state index is 6.28. The number of hydrogen-bond donors (Lipinski definition) is 0. The van der Waals surface area contributed by atoms with Crippen molar-refractivity contribution < 1.29 is 9.26 Å². The van der Waals surface area contributed by atoms with Gasteiger partial charge in [0.2, 0.25) is 5.82 Å². The summed E-state index contributed by atoms with van der Waals surface area (Å²) in [5.41, 5.74) is 1.51. The molecule has 0 saturated heterocycles. The van der Waals surface area contributed by atoms with E-state index in [0.29, 0.717) is 18.5 Å². The van der Waals surface area contributed by atoms with E-state index in [4.69, 9.17) is 21.0 Å². The van der Waals surface area contributed by atoms with Gasteiger partial charge in [0.05, 0.1) is 11.9 Å². The number of halogens is 1. The molecule has 0 N–H and O–H groups in total. The number of anilines is 2. The number of aromatic nitrogens is 2.